The topological polar surface area (TPSA) is 61.9 Å². The van der Waals surface area contributed by atoms with Gasteiger partial charge in [0.05, 0.1) is 27.8 Å². The Kier molecular flexibility index (Phi) is 8.00. The lowest BCUT2D eigenvalue weighted by atomic mass is 9.74. The molecule has 0 saturated heterocycles. The summed E-state index contributed by atoms with van der Waals surface area (Å²) < 4.78 is 4.98. The Hall–Kier alpha value is -7.56. The average molecular weight is 851 g/mol. The zero-order valence-corrected chi connectivity index (χ0v) is 37.6. The van der Waals surface area contributed by atoms with Gasteiger partial charge in [-0.1, -0.05) is 78.9 Å². The van der Waals surface area contributed by atoms with Crippen LogP contribution in [0.4, 0.5) is 0 Å². The number of aromatic nitrogens is 2. The van der Waals surface area contributed by atoms with Gasteiger partial charge in [0.2, 0.25) is 0 Å². The number of benzene rings is 8. The number of aryl methyl sites for hydroxylation is 8. The van der Waals surface area contributed by atoms with Crippen molar-refractivity contribution in [1.82, 2.24) is 9.13 Å². The van der Waals surface area contributed by atoms with Crippen molar-refractivity contribution >= 4 is 76.6 Å². The lowest BCUT2D eigenvalue weighted by Crippen LogP contribution is -2.16. The van der Waals surface area contributed by atoms with Gasteiger partial charge in [-0.05, 0) is 225 Å². The van der Waals surface area contributed by atoms with Crippen molar-refractivity contribution in [2.45, 2.75) is 65.2 Å². The maximum Gasteiger partial charge on any atom is 0.0613 e. The molecule has 0 atom stereocenters. The second-order valence-electron chi connectivity index (χ2n) is 19.2. The van der Waals surface area contributed by atoms with Crippen molar-refractivity contribution in [3.05, 3.63) is 190 Å². The third kappa shape index (κ3) is 5.04. The Labute approximate surface area is 384 Å². The summed E-state index contributed by atoms with van der Waals surface area (Å²) in [6.07, 6.45) is 20.2. The largest absolute Gasteiger partial charge is 0.405 e. The van der Waals surface area contributed by atoms with Crippen molar-refractivity contribution in [1.29, 1.82) is 0 Å². The van der Waals surface area contributed by atoms with Crippen LogP contribution in [-0.2, 0) is 51.4 Å². The highest BCUT2D eigenvalue weighted by Crippen LogP contribution is 2.52. The van der Waals surface area contributed by atoms with Crippen molar-refractivity contribution < 1.29 is 0 Å². The molecule has 66 heavy (non-hydrogen) atoms. The Morgan fingerprint density at radius 2 is 1.00 bits per heavy atom. The molecule has 4 heteroatoms. The smallest absolute Gasteiger partial charge is 0.0613 e. The number of fused-ring (bicyclic) bond motifs is 8. The molecule has 14 rings (SSSR count). The normalized spacial score (nSPS) is 15.4. The predicted octanol–water partition coefficient (Wildman–Crippen LogP) is 14.3. The molecule has 10 aromatic rings. The molecular formula is C62H50N4. The third-order valence-corrected chi connectivity index (χ3v) is 15.9. The van der Waals surface area contributed by atoms with Gasteiger partial charge in [0.25, 0.3) is 0 Å². The maximum absolute atomic E-state index is 6.58. The fourth-order valence-electron chi connectivity index (χ4n) is 13.3. The van der Waals surface area contributed by atoms with Crippen molar-refractivity contribution in [2.24, 2.45) is 11.5 Å². The summed E-state index contributed by atoms with van der Waals surface area (Å²) in [5.41, 5.74) is 39.5. The second-order valence-corrected chi connectivity index (χ2v) is 19.2. The molecule has 0 spiro atoms. The minimum absolute atomic E-state index is 0.940. The fraction of sp³-hybridized carbons (Fsp3) is 0.161. The molecule has 4 aliphatic rings. The molecule has 4 nitrogen and oxygen atoms in total. The van der Waals surface area contributed by atoms with E-state index in [1.54, 1.807) is 12.4 Å². The summed E-state index contributed by atoms with van der Waals surface area (Å²) in [4.78, 5) is 0. The van der Waals surface area contributed by atoms with Crippen LogP contribution in [0.2, 0.25) is 0 Å². The molecule has 318 valence electrons. The van der Waals surface area contributed by atoms with Crippen molar-refractivity contribution in [3.63, 3.8) is 0 Å². The summed E-state index contributed by atoms with van der Waals surface area (Å²) in [5.74, 6) is 0. The van der Waals surface area contributed by atoms with Gasteiger partial charge in [-0.25, -0.2) is 0 Å². The Morgan fingerprint density at radius 1 is 0.500 bits per heavy atom. The van der Waals surface area contributed by atoms with E-state index in [1.807, 2.05) is 6.08 Å². The molecule has 0 saturated carbocycles. The molecule has 0 bridgehead atoms. The second kappa shape index (κ2) is 14.0. The van der Waals surface area contributed by atoms with Gasteiger partial charge in [0.15, 0.2) is 0 Å². The van der Waals surface area contributed by atoms with Crippen LogP contribution in [0.5, 0.6) is 0 Å². The first kappa shape index (κ1) is 37.8. The fourth-order valence-corrected chi connectivity index (χ4v) is 13.3. The molecule has 0 aliphatic heterocycles. The van der Waals surface area contributed by atoms with Crippen LogP contribution < -0.4 is 11.5 Å². The molecule has 8 aromatic carbocycles. The van der Waals surface area contributed by atoms with E-state index >= 15 is 0 Å². The summed E-state index contributed by atoms with van der Waals surface area (Å²) in [6, 6.07) is 42.7. The summed E-state index contributed by atoms with van der Waals surface area (Å²) in [6.45, 7) is 4.31. The first-order chi connectivity index (χ1) is 32.5. The average Bonchev–Trinajstić information content (AvgIpc) is 4.14. The van der Waals surface area contributed by atoms with Crippen molar-refractivity contribution in [2.75, 3.05) is 0 Å². The van der Waals surface area contributed by atoms with Gasteiger partial charge in [-0.2, -0.15) is 0 Å². The highest BCUT2D eigenvalue weighted by atomic mass is 15.0. The van der Waals surface area contributed by atoms with E-state index in [1.165, 1.54) is 143 Å². The molecular weight excluding hydrogens is 801 g/mol. The van der Waals surface area contributed by atoms with Crippen LogP contribution in [0.25, 0.3) is 110 Å². The van der Waals surface area contributed by atoms with Crippen LogP contribution in [-0.4, -0.2) is 9.13 Å². The summed E-state index contributed by atoms with van der Waals surface area (Å²) in [5, 5.41) is 10.9. The Morgan fingerprint density at radius 3 is 1.52 bits per heavy atom. The Bertz CT molecular complexity index is 3950. The van der Waals surface area contributed by atoms with Crippen molar-refractivity contribution in [3.8, 4) is 33.4 Å². The number of hydrogen-bond donors (Lipinski definition) is 2. The first-order valence-corrected chi connectivity index (χ1v) is 24.0. The maximum atomic E-state index is 6.58. The highest BCUT2D eigenvalue weighted by Gasteiger charge is 2.33. The first-order valence-electron chi connectivity index (χ1n) is 24.0. The van der Waals surface area contributed by atoms with E-state index in [2.05, 4.69) is 150 Å². The Balaban J connectivity index is 1.02. The lowest BCUT2D eigenvalue weighted by molar-refractivity contribution is 0.884. The number of rotatable bonds is 6. The van der Waals surface area contributed by atoms with E-state index in [-0.39, 0.29) is 0 Å². The van der Waals surface area contributed by atoms with Crippen LogP contribution in [0.3, 0.4) is 0 Å². The van der Waals surface area contributed by atoms with E-state index < -0.39 is 0 Å². The SMILES string of the molecule is C/C=C\C(=C/N)n1c2ccc(-c3ccc4c5c(cccc35)CC4)cc2c2cc3c4c(c21)CCc1c-4c(cc2c4cc(-c5ccc6c7c(cccc57)CC6)ccc4n(/C(C)=C/C=C\N)c12)CC3. The number of allylic oxidation sites excluding steroid dienone is 6. The molecule has 0 unspecified atom stereocenters. The zero-order chi connectivity index (χ0) is 43.9. The minimum atomic E-state index is 0.940. The summed E-state index contributed by atoms with van der Waals surface area (Å²) >= 11 is 0. The predicted molar refractivity (Wildman–Crippen MR) is 280 cm³/mol. The number of nitrogens with two attached hydrogens (primary N) is 2. The minimum Gasteiger partial charge on any atom is -0.405 e. The quantitative estimate of drug-likeness (QED) is 0.164. The summed E-state index contributed by atoms with van der Waals surface area (Å²) in [7, 11) is 0. The van der Waals surface area contributed by atoms with Gasteiger partial charge in [0, 0.05) is 33.4 Å². The van der Waals surface area contributed by atoms with E-state index in [0.717, 1.165) is 62.8 Å². The molecule has 4 aliphatic carbocycles. The van der Waals surface area contributed by atoms with Gasteiger partial charge in [-0.3, -0.25) is 0 Å². The number of nitrogens with zero attached hydrogens (tertiary/aromatic N) is 2. The van der Waals surface area contributed by atoms with Gasteiger partial charge in [0.1, 0.15) is 0 Å². The monoisotopic (exact) mass is 850 g/mol. The molecule has 4 N–H and O–H groups in total. The van der Waals surface area contributed by atoms with E-state index in [4.69, 9.17) is 11.5 Å². The molecule has 0 radical (unpaired) electrons. The number of hydrogen-bond acceptors (Lipinski definition) is 2. The van der Waals surface area contributed by atoms with Crippen LogP contribution in [0.1, 0.15) is 58.4 Å². The van der Waals surface area contributed by atoms with E-state index in [9.17, 15) is 0 Å². The highest BCUT2D eigenvalue weighted by molar-refractivity contribution is 6.18. The zero-order valence-electron chi connectivity index (χ0n) is 37.6. The van der Waals surface area contributed by atoms with E-state index in [0.29, 0.717) is 0 Å². The third-order valence-electron chi connectivity index (χ3n) is 15.9. The van der Waals surface area contributed by atoms with Gasteiger partial charge in [-0.15, -0.1) is 0 Å². The van der Waals surface area contributed by atoms with Crippen LogP contribution >= 0.6 is 0 Å². The molecule has 0 amide bonds. The van der Waals surface area contributed by atoms with Crippen LogP contribution in [0, 0.1) is 0 Å². The standard InChI is InChI=1S/C62H50N4/c1-3-7-44(34-64)66-56-28-22-41(46-24-20-39-16-14-37-10-5-12-48(46)58(37)39)31-52(56)54-33-43-18-17-42-32-53-51-30-40(45-23-19-38-15-13-36-9-4-11-47(45)57(36)38)21-27-55(51)65(35(2)8-6-29-63)61(53)49-25-26-50(62(54)66)60(43)59(42)49/h3-12,19-24,27-34H,13-18,25-26,63-64H2,1-2H3/b7-3-,29-6-,35-8+,44-34+. The van der Waals surface area contributed by atoms with Gasteiger partial charge >= 0.3 is 0 Å². The molecule has 2 aromatic heterocycles. The van der Waals surface area contributed by atoms with Crippen LogP contribution in [0.15, 0.2) is 146 Å². The lowest BCUT2D eigenvalue weighted by Gasteiger charge is -2.31. The molecule has 0 fully saturated rings. The van der Waals surface area contributed by atoms with Gasteiger partial charge < -0.3 is 20.6 Å². The molecule has 2 heterocycles.